The first kappa shape index (κ1) is 21.7. The van der Waals surface area contributed by atoms with Crippen LogP contribution in [-0.4, -0.2) is 37.0 Å². The quantitative estimate of drug-likeness (QED) is 0.744. The summed E-state index contributed by atoms with van der Waals surface area (Å²) in [4.78, 5) is 14.8. The molecule has 0 heterocycles. The van der Waals surface area contributed by atoms with E-state index in [9.17, 15) is 4.79 Å². The molecule has 1 amide bonds. The smallest absolute Gasteiger partial charge is 0.251 e. The van der Waals surface area contributed by atoms with Crippen molar-refractivity contribution in [2.24, 2.45) is 0 Å². The summed E-state index contributed by atoms with van der Waals surface area (Å²) in [6.45, 7) is 0.670. The highest BCUT2D eigenvalue weighted by Crippen LogP contribution is 2.40. The molecule has 2 aromatic rings. The molecule has 0 saturated heterocycles. The second-order valence-electron chi connectivity index (χ2n) is 7.49. The van der Waals surface area contributed by atoms with Crippen LogP contribution in [0.4, 0.5) is 0 Å². The lowest BCUT2D eigenvalue weighted by Crippen LogP contribution is -2.54. The molecule has 1 N–H and O–H groups in total. The summed E-state index contributed by atoms with van der Waals surface area (Å²) in [5, 5.41) is 3.79. The van der Waals surface area contributed by atoms with Crippen molar-refractivity contribution in [3.63, 3.8) is 0 Å². The van der Waals surface area contributed by atoms with Crippen molar-refractivity contribution in [1.29, 1.82) is 0 Å². The predicted octanol–water partition coefficient (Wildman–Crippen LogP) is 5.15. The summed E-state index contributed by atoms with van der Waals surface area (Å²) in [6.07, 6.45) is 4.47. The molecule has 0 spiro atoms. The molecular formula is C22H28Cl2N2O. The van der Waals surface area contributed by atoms with Gasteiger partial charge in [0.2, 0.25) is 0 Å². The molecule has 146 valence electrons. The maximum atomic E-state index is 12.5. The van der Waals surface area contributed by atoms with Crippen molar-refractivity contribution < 1.29 is 4.79 Å². The zero-order chi connectivity index (χ0) is 18.6. The fraction of sp³-hybridized carbons (Fsp3) is 0.409. The third-order valence-electron chi connectivity index (χ3n) is 5.82. The van der Waals surface area contributed by atoms with Crippen LogP contribution in [0, 0.1) is 0 Å². The second kappa shape index (κ2) is 9.59. The highest BCUT2D eigenvalue weighted by Gasteiger charge is 2.37. The lowest BCUT2D eigenvalue weighted by atomic mass is 9.73. The molecule has 1 aliphatic carbocycles. The van der Waals surface area contributed by atoms with E-state index >= 15 is 0 Å². The molecule has 27 heavy (non-hydrogen) atoms. The van der Waals surface area contributed by atoms with Gasteiger partial charge in [-0.15, -0.1) is 12.4 Å². The van der Waals surface area contributed by atoms with Gasteiger partial charge in [0.05, 0.1) is 0 Å². The van der Waals surface area contributed by atoms with E-state index < -0.39 is 0 Å². The zero-order valence-corrected chi connectivity index (χ0v) is 17.5. The van der Waals surface area contributed by atoms with Crippen LogP contribution in [0.1, 0.15) is 47.5 Å². The average Bonchev–Trinajstić information content (AvgIpc) is 2.67. The lowest BCUT2D eigenvalue weighted by molar-refractivity contribution is 0.0769. The Morgan fingerprint density at radius 2 is 1.67 bits per heavy atom. The van der Waals surface area contributed by atoms with E-state index in [1.165, 1.54) is 5.56 Å². The van der Waals surface area contributed by atoms with E-state index in [-0.39, 0.29) is 23.9 Å². The molecule has 5 heteroatoms. The lowest BCUT2D eigenvalue weighted by Gasteiger charge is -2.45. The summed E-state index contributed by atoms with van der Waals surface area (Å²) in [5.41, 5.74) is 2.11. The number of nitrogens with zero attached hydrogens (tertiary/aromatic N) is 1. The van der Waals surface area contributed by atoms with Gasteiger partial charge in [0.15, 0.2) is 0 Å². The molecule has 0 unspecified atom stereocenters. The van der Waals surface area contributed by atoms with Crippen LogP contribution >= 0.6 is 24.0 Å². The molecular weight excluding hydrogens is 379 g/mol. The fourth-order valence-electron chi connectivity index (χ4n) is 3.94. The maximum Gasteiger partial charge on any atom is 0.251 e. The molecule has 2 aromatic carbocycles. The van der Waals surface area contributed by atoms with Crippen molar-refractivity contribution >= 4 is 29.9 Å². The van der Waals surface area contributed by atoms with Gasteiger partial charge in [-0.05, 0) is 75.5 Å². The van der Waals surface area contributed by atoms with E-state index in [0.29, 0.717) is 23.0 Å². The second-order valence-corrected chi connectivity index (χ2v) is 7.93. The maximum absolute atomic E-state index is 12.5. The Morgan fingerprint density at radius 1 is 1.07 bits per heavy atom. The molecule has 0 bridgehead atoms. The van der Waals surface area contributed by atoms with Gasteiger partial charge in [0.1, 0.15) is 0 Å². The number of hydrogen-bond acceptors (Lipinski definition) is 2. The van der Waals surface area contributed by atoms with Crippen molar-refractivity contribution in [1.82, 2.24) is 10.2 Å². The molecule has 1 saturated carbocycles. The largest absolute Gasteiger partial charge is 0.350 e. The predicted molar refractivity (Wildman–Crippen MR) is 115 cm³/mol. The van der Waals surface area contributed by atoms with Gasteiger partial charge in [-0.2, -0.15) is 0 Å². The van der Waals surface area contributed by atoms with Gasteiger partial charge in [-0.25, -0.2) is 0 Å². The van der Waals surface area contributed by atoms with E-state index in [1.54, 1.807) is 24.3 Å². The van der Waals surface area contributed by atoms with E-state index in [1.807, 2.05) is 0 Å². The van der Waals surface area contributed by atoms with Crippen molar-refractivity contribution in [3.05, 3.63) is 70.7 Å². The number of amides is 1. The Morgan fingerprint density at radius 3 is 2.22 bits per heavy atom. The summed E-state index contributed by atoms with van der Waals surface area (Å²) < 4.78 is 0. The monoisotopic (exact) mass is 406 g/mol. The van der Waals surface area contributed by atoms with Crippen LogP contribution in [0.5, 0.6) is 0 Å². The first-order valence-corrected chi connectivity index (χ1v) is 9.64. The van der Waals surface area contributed by atoms with Crippen molar-refractivity contribution in [2.45, 2.75) is 37.1 Å². The number of benzene rings is 2. The topological polar surface area (TPSA) is 32.3 Å². The number of hydrogen-bond donors (Lipinski definition) is 1. The van der Waals surface area contributed by atoms with Gasteiger partial charge < -0.3 is 10.2 Å². The Hall–Kier alpha value is -1.55. The number of carbonyl (C=O) groups is 1. The van der Waals surface area contributed by atoms with Gasteiger partial charge in [-0.3, -0.25) is 4.79 Å². The number of likely N-dealkylation sites (N-methyl/N-ethyl adjacent to an activating group) is 1. The molecule has 3 rings (SSSR count). The normalized spacial score (nSPS) is 22.1. The van der Waals surface area contributed by atoms with Gasteiger partial charge in [0.25, 0.3) is 5.91 Å². The van der Waals surface area contributed by atoms with Gasteiger partial charge in [0, 0.05) is 22.7 Å². The Balaban J connectivity index is 0.00000261. The minimum Gasteiger partial charge on any atom is -0.350 e. The number of rotatable bonds is 5. The molecule has 0 atom stereocenters. The minimum atomic E-state index is -0.0342. The molecule has 1 aliphatic rings. The zero-order valence-electron chi connectivity index (χ0n) is 16.0. The molecule has 3 nitrogen and oxygen atoms in total. The first-order chi connectivity index (χ1) is 12.5. The third-order valence-corrected chi connectivity index (χ3v) is 6.07. The molecule has 0 radical (unpaired) electrons. The standard InChI is InChI=1S/C22H27ClN2O.ClH/c1-25(2)22(16-24-21(26)19-8-10-20(23)11-9-19)14-12-18(13-15-22)17-6-4-3-5-7-17;/h3-11,18H,12-16H2,1-2H3,(H,24,26);1H. The van der Waals surface area contributed by atoms with Crippen LogP contribution in [0.3, 0.4) is 0 Å². The Kier molecular flexibility index (Phi) is 7.72. The Bertz CT molecular complexity index is 724. The van der Waals surface area contributed by atoms with Gasteiger partial charge >= 0.3 is 0 Å². The SMILES string of the molecule is CN(C)C1(CNC(=O)c2ccc(Cl)cc2)CCC(c2ccccc2)CC1.Cl. The highest BCUT2D eigenvalue weighted by molar-refractivity contribution is 6.30. The highest BCUT2D eigenvalue weighted by atomic mass is 35.5. The first-order valence-electron chi connectivity index (χ1n) is 9.26. The van der Waals surface area contributed by atoms with Crippen LogP contribution in [0.25, 0.3) is 0 Å². The van der Waals surface area contributed by atoms with Crippen molar-refractivity contribution in [3.8, 4) is 0 Å². The van der Waals surface area contributed by atoms with Crippen LogP contribution < -0.4 is 5.32 Å². The molecule has 0 aromatic heterocycles. The summed E-state index contributed by atoms with van der Waals surface area (Å²) in [5.74, 6) is 0.587. The number of nitrogens with one attached hydrogen (secondary N) is 1. The third kappa shape index (κ3) is 5.25. The van der Waals surface area contributed by atoms with E-state index in [0.717, 1.165) is 25.7 Å². The summed E-state index contributed by atoms with van der Waals surface area (Å²) >= 11 is 5.90. The van der Waals surface area contributed by atoms with E-state index in [2.05, 4.69) is 54.6 Å². The molecule has 1 fully saturated rings. The Labute approximate surface area is 173 Å². The number of halogens is 2. The van der Waals surface area contributed by atoms with Gasteiger partial charge in [-0.1, -0.05) is 41.9 Å². The van der Waals surface area contributed by atoms with Crippen molar-refractivity contribution in [2.75, 3.05) is 20.6 Å². The van der Waals surface area contributed by atoms with E-state index in [4.69, 9.17) is 11.6 Å². The van der Waals surface area contributed by atoms with Crippen LogP contribution in [0.2, 0.25) is 5.02 Å². The summed E-state index contributed by atoms with van der Waals surface area (Å²) in [7, 11) is 4.24. The molecule has 0 aliphatic heterocycles. The van der Waals surface area contributed by atoms with Crippen LogP contribution in [0.15, 0.2) is 54.6 Å². The number of carbonyl (C=O) groups excluding carboxylic acids is 1. The fourth-order valence-corrected chi connectivity index (χ4v) is 4.07. The summed E-state index contributed by atoms with van der Waals surface area (Å²) in [6, 6.07) is 17.8. The van der Waals surface area contributed by atoms with Crippen LogP contribution in [-0.2, 0) is 0 Å². The average molecular weight is 407 g/mol. The minimum absolute atomic E-state index is 0.